The number of primary amides is 1. The number of aryl methyl sites for hydroxylation is 2. The summed E-state index contributed by atoms with van der Waals surface area (Å²) in [6.07, 6.45) is 5.41. The molecule has 0 saturated carbocycles. The van der Waals surface area contributed by atoms with Crippen LogP contribution in [0.25, 0.3) is 22.1 Å². The highest BCUT2D eigenvalue weighted by Gasteiger charge is 2.23. The number of nitrogens with zero attached hydrogens (tertiary/aromatic N) is 4. The van der Waals surface area contributed by atoms with Crippen LogP contribution in [0.15, 0.2) is 47.5 Å². The van der Waals surface area contributed by atoms with Crippen molar-refractivity contribution in [3.8, 4) is 0 Å². The first kappa shape index (κ1) is 19.9. The zero-order valence-corrected chi connectivity index (χ0v) is 17.6. The molecular formula is C23H27N5O2. The molecule has 156 valence electrons. The molecule has 1 aromatic carbocycles. The van der Waals surface area contributed by atoms with Crippen LogP contribution in [0.5, 0.6) is 0 Å². The smallest absolute Gasteiger partial charge is 0.330 e. The summed E-state index contributed by atoms with van der Waals surface area (Å²) in [6, 6.07) is 9.66. The van der Waals surface area contributed by atoms with Crippen molar-refractivity contribution in [2.75, 3.05) is 0 Å². The number of hydrogen-bond donors (Lipinski definition) is 1. The van der Waals surface area contributed by atoms with E-state index in [0.717, 1.165) is 23.0 Å². The summed E-state index contributed by atoms with van der Waals surface area (Å²) in [5.41, 5.74) is 10.1. The van der Waals surface area contributed by atoms with Crippen molar-refractivity contribution >= 4 is 28.0 Å². The first-order valence-electron chi connectivity index (χ1n) is 10.3. The third kappa shape index (κ3) is 3.30. The van der Waals surface area contributed by atoms with Gasteiger partial charge in [-0.15, -0.1) is 0 Å². The summed E-state index contributed by atoms with van der Waals surface area (Å²) in [5.74, 6) is -0.415. The van der Waals surface area contributed by atoms with Gasteiger partial charge in [0.15, 0.2) is 5.65 Å². The minimum Gasteiger partial charge on any atom is -0.370 e. The second-order valence-electron chi connectivity index (χ2n) is 7.93. The molecule has 7 heteroatoms. The molecule has 0 aliphatic heterocycles. The predicted molar refractivity (Wildman–Crippen MR) is 119 cm³/mol. The molecule has 0 unspecified atom stereocenters. The lowest BCUT2D eigenvalue weighted by Crippen LogP contribution is -2.30. The van der Waals surface area contributed by atoms with Gasteiger partial charge in [0.05, 0.1) is 12.1 Å². The Morgan fingerprint density at radius 3 is 2.70 bits per heavy atom. The van der Waals surface area contributed by atoms with Crippen molar-refractivity contribution < 1.29 is 4.79 Å². The summed E-state index contributed by atoms with van der Waals surface area (Å²) in [7, 11) is 2.02. The molecule has 3 heterocycles. The maximum absolute atomic E-state index is 13.5. The summed E-state index contributed by atoms with van der Waals surface area (Å²) < 4.78 is 5.50. The Kier molecular flexibility index (Phi) is 5.20. The van der Waals surface area contributed by atoms with Crippen molar-refractivity contribution in [2.24, 2.45) is 12.8 Å². The zero-order chi connectivity index (χ0) is 21.4. The minimum atomic E-state index is -0.415. The molecule has 0 bridgehead atoms. The summed E-state index contributed by atoms with van der Waals surface area (Å²) in [6.45, 7) is 4.56. The van der Waals surface area contributed by atoms with Crippen LogP contribution in [-0.4, -0.2) is 24.6 Å². The number of fused-ring (bicyclic) bond motifs is 2. The summed E-state index contributed by atoms with van der Waals surface area (Å²) in [4.78, 5) is 29.7. The lowest BCUT2D eigenvalue weighted by Gasteiger charge is -2.15. The molecule has 0 radical (unpaired) electrons. The standard InChI is InChI=1S/C23H27N5O2/c1-4-7-17(12-20(24)29)28-22-19(10-6-11-25-22)27(23(28)30)14-16-13-26(3)18-9-5-8-15(2)21(16)18/h5-6,8-11,13,17H,4,7,12,14H2,1-3H3,(H2,24,29)/t17-/m0/s1. The third-order valence-corrected chi connectivity index (χ3v) is 5.78. The molecule has 0 fully saturated rings. The van der Waals surface area contributed by atoms with Gasteiger partial charge in [0.2, 0.25) is 5.91 Å². The Balaban J connectivity index is 1.90. The van der Waals surface area contributed by atoms with Crippen LogP contribution in [0.3, 0.4) is 0 Å². The second-order valence-corrected chi connectivity index (χ2v) is 7.93. The van der Waals surface area contributed by atoms with E-state index in [-0.39, 0.29) is 18.2 Å². The zero-order valence-electron chi connectivity index (χ0n) is 17.6. The predicted octanol–water partition coefficient (Wildman–Crippen LogP) is 3.26. The number of aromatic nitrogens is 4. The molecule has 0 aliphatic carbocycles. The van der Waals surface area contributed by atoms with Gasteiger partial charge in [-0.05, 0) is 42.7 Å². The number of hydrogen-bond acceptors (Lipinski definition) is 3. The number of pyridine rings is 1. The van der Waals surface area contributed by atoms with Gasteiger partial charge >= 0.3 is 5.69 Å². The quantitative estimate of drug-likeness (QED) is 0.512. The van der Waals surface area contributed by atoms with Crippen molar-refractivity contribution in [3.05, 3.63) is 64.3 Å². The topological polar surface area (TPSA) is 87.8 Å². The van der Waals surface area contributed by atoms with Gasteiger partial charge in [0, 0.05) is 42.8 Å². The molecule has 1 amide bonds. The van der Waals surface area contributed by atoms with Crippen molar-refractivity contribution in [1.29, 1.82) is 0 Å². The fourth-order valence-electron chi connectivity index (χ4n) is 4.50. The number of rotatable bonds is 7. The van der Waals surface area contributed by atoms with Gasteiger partial charge in [0.25, 0.3) is 0 Å². The molecule has 0 aliphatic rings. The lowest BCUT2D eigenvalue weighted by atomic mass is 10.1. The monoisotopic (exact) mass is 405 g/mol. The van der Waals surface area contributed by atoms with Crippen LogP contribution >= 0.6 is 0 Å². The van der Waals surface area contributed by atoms with E-state index >= 15 is 0 Å². The maximum Gasteiger partial charge on any atom is 0.330 e. The molecule has 1 atom stereocenters. The van der Waals surface area contributed by atoms with Crippen LogP contribution in [0.2, 0.25) is 0 Å². The van der Waals surface area contributed by atoms with E-state index in [1.807, 2.05) is 32.2 Å². The van der Waals surface area contributed by atoms with Gasteiger partial charge < -0.3 is 10.3 Å². The Morgan fingerprint density at radius 2 is 1.97 bits per heavy atom. The average molecular weight is 406 g/mol. The van der Waals surface area contributed by atoms with E-state index in [0.29, 0.717) is 18.6 Å². The largest absolute Gasteiger partial charge is 0.370 e. The molecule has 0 spiro atoms. The fraction of sp³-hybridized carbons (Fsp3) is 0.348. The van der Waals surface area contributed by atoms with Crippen molar-refractivity contribution in [1.82, 2.24) is 18.7 Å². The van der Waals surface area contributed by atoms with Crippen LogP contribution in [-0.2, 0) is 18.4 Å². The second kappa shape index (κ2) is 7.82. The number of imidazole rings is 1. The average Bonchev–Trinajstić information content (AvgIpc) is 3.17. The van der Waals surface area contributed by atoms with Crippen LogP contribution < -0.4 is 11.4 Å². The number of carbonyl (C=O) groups is 1. The first-order valence-corrected chi connectivity index (χ1v) is 10.3. The molecule has 4 rings (SSSR count). The third-order valence-electron chi connectivity index (χ3n) is 5.78. The fourth-order valence-corrected chi connectivity index (χ4v) is 4.50. The number of amides is 1. The lowest BCUT2D eigenvalue weighted by molar-refractivity contribution is -0.118. The van der Waals surface area contributed by atoms with Gasteiger partial charge in [-0.1, -0.05) is 25.5 Å². The Morgan fingerprint density at radius 1 is 1.20 bits per heavy atom. The molecule has 7 nitrogen and oxygen atoms in total. The van der Waals surface area contributed by atoms with E-state index in [9.17, 15) is 9.59 Å². The van der Waals surface area contributed by atoms with E-state index in [2.05, 4.69) is 34.8 Å². The first-order chi connectivity index (χ1) is 14.4. The SMILES string of the molecule is CCC[C@@H](CC(N)=O)n1c(=O)n(Cc2cn(C)c3cccc(C)c23)c2cccnc21. The number of carbonyl (C=O) groups excluding carboxylic acids is 1. The number of nitrogens with two attached hydrogens (primary N) is 1. The highest BCUT2D eigenvalue weighted by atomic mass is 16.2. The molecule has 30 heavy (non-hydrogen) atoms. The van der Waals surface area contributed by atoms with Gasteiger partial charge in [0.1, 0.15) is 0 Å². The van der Waals surface area contributed by atoms with Gasteiger partial charge in [-0.2, -0.15) is 0 Å². The van der Waals surface area contributed by atoms with E-state index in [1.54, 1.807) is 15.3 Å². The van der Waals surface area contributed by atoms with E-state index in [1.165, 1.54) is 10.9 Å². The van der Waals surface area contributed by atoms with Gasteiger partial charge in [-0.25, -0.2) is 9.78 Å². The number of benzene rings is 1. The molecular weight excluding hydrogens is 378 g/mol. The molecule has 3 aromatic heterocycles. The summed E-state index contributed by atoms with van der Waals surface area (Å²) >= 11 is 0. The highest BCUT2D eigenvalue weighted by molar-refractivity contribution is 5.87. The maximum atomic E-state index is 13.5. The van der Waals surface area contributed by atoms with Crippen LogP contribution in [0.1, 0.15) is 43.4 Å². The summed E-state index contributed by atoms with van der Waals surface area (Å²) in [5, 5.41) is 1.17. The van der Waals surface area contributed by atoms with Crippen molar-refractivity contribution in [2.45, 2.75) is 45.7 Å². The van der Waals surface area contributed by atoms with E-state index in [4.69, 9.17) is 5.73 Å². The van der Waals surface area contributed by atoms with Crippen molar-refractivity contribution in [3.63, 3.8) is 0 Å². The van der Waals surface area contributed by atoms with Crippen LogP contribution in [0.4, 0.5) is 0 Å². The molecule has 4 aromatic rings. The van der Waals surface area contributed by atoms with E-state index < -0.39 is 5.91 Å². The highest BCUT2D eigenvalue weighted by Crippen LogP contribution is 2.27. The minimum absolute atomic E-state index is 0.122. The molecule has 2 N–H and O–H groups in total. The Bertz CT molecular complexity index is 1290. The normalized spacial score (nSPS) is 12.6. The Labute approximate surface area is 174 Å². The van der Waals surface area contributed by atoms with Gasteiger partial charge in [-0.3, -0.25) is 13.9 Å². The molecule has 0 saturated heterocycles. The van der Waals surface area contributed by atoms with Crippen LogP contribution in [0, 0.1) is 6.92 Å². The Hall–Kier alpha value is -3.35.